The van der Waals surface area contributed by atoms with E-state index in [0.29, 0.717) is 41.8 Å². The Morgan fingerprint density at radius 2 is 1.68 bits per heavy atom. The number of aromatic nitrogens is 1. The number of para-hydroxylation sites is 1. The normalized spacial score (nSPS) is 19.2. The van der Waals surface area contributed by atoms with Gasteiger partial charge in [-0.3, -0.25) is 4.79 Å². The van der Waals surface area contributed by atoms with E-state index in [1.54, 1.807) is 18.2 Å². The lowest BCUT2D eigenvalue weighted by Gasteiger charge is -2.29. The summed E-state index contributed by atoms with van der Waals surface area (Å²) in [5, 5.41) is 6.53. The van der Waals surface area contributed by atoms with Gasteiger partial charge in [0, 0.05) is 23.7 Å². The van der Waals surface area contributed by atoms with Crippen LogP contribution >= 0.6 is 11.3 Å². The fourth-order valence-electron chi connectivity index (χ4n) is 4.10. The fourth-order valence-corrected chi connectivity index (χ4v) is 4.88. The number of nitrogens with one attached hydrogen (secondary N) is 2. The quantitative estimate of drug-likeness (QED) is 0.381. The third-order valence-corrected chi connectivity index (χ3v) is 7.01. The lowest BCUT2D eigenvalue weighted by molar-refractivity contribution is -0.141. The summed E-state index contributed by atoms with van der Waals surface area (Å²) in [6.07, 6.45) is -6.30. The Bertz CT molecular complexity index is 1170. The number of carbonyl (C=O) groups is 1. The van der Waals surface area contributed by atoms with Crippen molar-refractivity contribution in [1.29, 1.82) is 0 Å². The van der Waals surface area contributed by atoms with E-state index in [2.05, 4.69) is 15.6 Å². The highest BCUT2D eigenvalue weighted by molar-refractivity contribution is 7.14. The van der Waals surface area contributed by atoms with Crippen LogP contribution in [0.5, 0.6) is 0 Å². The minimum absolute atomic E-state index is 0.0150. The summed E-state index contributed by atoms with van der Waals surface area (Å²) in [6, 6.07) is 9.56. The molecule has 1 aromatic carbocycles. The van der Waals surface area contributed by atoms with Crippen molar-refractivity contribution in [2.24, 2.45) is 5.92 Å². The summed E-state index contributed by atoms with van der Waals surface area (Å²) < 4.78 is 77.9. The summed E-state index contributed by atoms with van der Waals surface area (Å²) in [7, 11) is 0. The van der Waals surface area contributed by atoms with Crippen LogP contribution in [0.2, 0.25) is 0 Å². The van der Waals surface area contributed by atoms with Crippen LogP contribution in [0.25, 0.3) is 10.9 Å². The minimum Gasteiger partial charge on any atom is -0.384 e. The van der Waals surface area contributed by atoms with Gasteiger partial charge in [-0.25, -0.2) is 4.98 Å². The molecule has 3 aromatic rings. The maximum absolute atomic E-state index is 13.2. The number of hydrogen-bond acceptors (Lipinski definition) is 4. The Labute approximate surface area is 195 Å². The van der Waals surface area contributed by atoms with Crippen molar-refractivity contribution in [2.75, 3.05) is 11.9 Å². The standard InChI is InChI=1S/C23H21F6N3OS/c24-22(25,26)19-11-17(15-3-1-2-4-16(15)32-19)30-12-13-5-7-14(8-6-13)31-21(33)18-9-10-20(34-18)23(27,28)29/h1-4,9-11,13-14H,5-8,12H2,(H,30,32)(H,31,33)/t13-,14+. The number of nitrogens with zero attached hydrogens (tertiary/aromatic N) is 1. The number of benzene rings is 1. The lowest BCUT2D eigenvalue weighted by Crippen LogP contribution is -2.38. The SMILES string of the molecule is O=C(N[C@H]1CC[C@@H](CNc2cc(C(F)(F)F)nc3ccccc23)CC1)c1ccc(C(F)(F)F)s1. The van der Waals surface area contributed by atoms with Crippen LogP contribution < -0.4 is 10.6 Å². The summed E-state index contributed by atoms with van der Waals surface area (Å²) in [4.78, 5) is 15.2. The number of hydrogen-bond donors (Lipinski definition) is 2. The fraction of sp³-hybridized carbons (Fsp3) is 0.391. The largest absolute Gasteiger partial charge is 0.433 e. The second-order valence-corrected chi connectivity index (χ2v) is 9.39. The van der Waals surface area contributed by atoms with E-state index in [9.17, 15) is 31.1 Å². The van der Waals surface area contributed by atoms with Crippen molar-refractivity contribution < 1.29 is 31.1 Å². The zero-order valence-electron chi connectivity index (χ0n) is 17.8. The molecule has 0 bridgehead atoms. The van der Waals surface area contributed by atoms with Gasteiger partial charge in [0.05, 0.1) is 10.4 Å². The molecule has 1 amide bonds. The molecule has 2 aromatic heterocycles. The molecule has 4 rings (SSSR count). The van der Waals surface area contributed by atoms with Gasteiger partial charge in [0.25, 0.3) is 5.91 Å². The van der Waals surface area contributed by atoms with Crippen LogP contribution in [0.4, 0.5) is 32.0 Å². The minimum atomic E-state index is -4.56. The molecule has 0 radical (unpaired) electrons. The van der Waals surface area contributed by atoms with Gasteiger partial charge in [0.2, 0.25) is 0 Å². The summed E-state index contributed by atoms with van der Waals surface area (Å²) in [5.41, 5.74) is -0.331. The number of pyridine rings is 1. The van der Waals surface area contributed by atoms with Crippen molar-refractivity contribution in [3.05, 3.63) is 57.9 Å². The molecular formula is C23H21F6N3OS. The van der Waals surface area contributed by atoms with E-state index >= 15 is 0 Å². The topological polar surface area (TPSA) is 54.0 Å². The zero-order valence-corrected chi connectivity index (χ0v) is 18.6. The molecule has 1 fully saturated rings. The van der Waals surface area contributed by atoms with Crippen LogP contribution in [0, 0.1) is 5.92 Å². The Morgan fingerprint density at radius 1 is 0.971 bits per heavy atom. The number of amides is 1. The smallest absolute Gasteiger partial charge is 0.384 e. The van der Waals surface area contributed by atoms with Gasteiger partial charge < -0.3 is 10.6 Å². The number of anilines is 1. The number of thiophene rings is 1. The van der Waals surface area contributed by atoms with Crippen LogP contribution in [0.1, 0.15) is 45.9 Å². The predicted molar refractivity (Wildman–Crippen MR) is 118 cm³/mol. The van der Waals surface area contributed by atoms with Crippen LogP contribution in [0.3, 0.4) is 0 Å². The molecule has 0 unspecified atom stereocenters. The van der Waals surface area contributed by atoms with E-state index in [1.807, 2.05) is 0 Å². The van der Waals surface area contributed by atoms with Gasteiger partial charge >= 0.3 is 12.4 Å². The average Bonchev–Trinajstić information content (AvgIpc) is 3.29. The van der Waals surface area contributed by atoms with Crippen LogP contribution in [-0.4, -0.2) is 23.5 Å². The zero-order chi connectivity index (χ0) is 24.5. The molecule has 1 aliphatic carbocycles. The van der Waals surface area contributed by atoms with E-state index < -0.39 is 28.8 Å². The van der Waals surface area contributed by atoms with E-state index in [4.69, 9.17) is 0 Å². The maximum Gasteiger partial charge on any atom is 0.433 e. The number of halogens is 6. The highest BCUT2D eigenvalue weighted by atomic mass is 32.1. The van der Waals surface area contributed by atoms with Gasteiger partial charge in [-0.1, -0.05) is 18.2 Å². The first-order valence-electron chi connectivity index (χ1n) is 10.7. The summed E-state index contributed by atoms with van der Waals surface area (Å²) in [6.45, 7) is 0.464. The Kier molecular flexibility index (Phi) is 6.75. The molecule has 182 valence electrons. The van der Waals surface area contributed by atoms with Crippen LogP contribution in [0.15, 0.2) is 42.5 Å². The molecule has 34 heavy (non-hydrogen) atoms. The highest BCUT2D eigenvalue weighted by Crippen LogP contribution is 2.35. The van der Waals surface area contributed by atoms with E-state index in [0.717, 1.165) is 25.0 Å². The van der Waals surface area contributed by atoms with Crippen molar-refractivity contribution in [3.63, 3.8) is 0 Å². The van der Waals surface area contributed by atoms with E-state index in [1.165, 1.54) is 12.1 Å². The summed E-state index contributed by atoms with van der Waals surface area (Å²) >= 11 is 0.414. The third kappa shape index (κ3) is 5.63. The molecule has 1 saturated carbocycles. The molecule has 1 aliphatic rings. The number of alkyl halides is 6. The molecule has 2 N–H and O–H groups in total. The molecular weight excluding hydrogens is 480 g/mol. The lowest BCUT2D eigenvalue weighted by atomic mass is 9.86. The number of carbonyl (C=O) groups excluding carboxylic acids is 1. The second kappa shape index (κ2) is 9.44. The number of rotatable bonds is 5. The van der Waals surface area contributed by atoms with Gasteiger partial charge in [-0.05, 0) is 55.9 Å². The highest BCUT2D eigenvalue weighted by Gasteiger charge is 2.34. The molecule has 0 aliphatic heterocycles. The molecule has 4 nitrogen and oxygen atoms in total. The van der Waals surface area contributed by atoms with Crippen molar-refractivity contribution >= 4 is 33.8 Å². The van der Waals surface area contributed by atoms with Crippen molar-refractivity contribution in [1.82, 2.24) is 10.3 Å². The molecule has 0 atom stereocenters. The Hall–Kier alpha value is -2.82. The first-order chi connectivity index (χ1) is 16.0. The first kappa shape index (κ1) is 24.3. The molecule has 2 heterocycles. The summed E-state index contributed by atoms with van der Waals surface area (Å²) in [5.74, 6) is -0.335. The first-order valence-corrected chi connectivity index (χ1v) is 11.5. The average molecular weight is 501 g/mol. The van der Waals surface area contributed by atoms with Crippen molar-refractivity contribution in [2.45, 2.75) is 44.1 Å². The molecule has 0 spiro atoms. The number of fused-ring (bicyclic) bond motifs is 1. The molecule has 0 saturated heterocycles. The molecule has 11 heteroatoms. The third-order valence-electron chi connectivity index (χ3n) is 5.88. The maximum atomic E-state index is 13.2. The van der Waals surface area contributed by atoms with Crippen molar-refractivity contribution in [3.8, 4) is 0 Å². The van der Waals surface area contributed by atoms with Gasteiger partial charge in [-0.2, -0.15) is 26.3 Å². The predicted octanol–water partition coefficient (Wildman–Crippen LogP) is 6.73. The van der Waals surface area contributed by atoms with Gasteiger partial charge in [0.1, 0.15) is 10.6 Å². The Balaban J connectivity index is 1.33. The van der Waals surface area contributed by atoms with Gasteiger partial charge in [0.15, 0.2) is 0 Å². The van der Waals surface area contributed by atoms with E-state index in [-0.39, 0.29) is 22.4 Å². The second-order valence-electron chi connectivity index (χ2n) is 8.30. The van der Waals surface area contributed by atoms with Crippen LogP contribution in [-0.2, 0) is 12.4 Å². The monoisotopic (exact) mass is 501 g/mol. The Morgan fingerprint density at radius 3 is 2.32 bits per heavy atom. The van der Waals surface area contributed by atoms with Gasteiger partial charge in [-0.15, -0.1) is 11.3 Å².